The Morgan fingerprint density at radius 1 is 1.00 bits per heavy atom. The monoisotopic (exact) mass is 218 g/mol. The number of dihydropyridines is 1. The van der Waals surface area contributed by atoms with Crippen LogP contribution in [0.4, 0.5) is 0 Å². The van der Waals surface area contributed by atoms with Gasteiger partial charge in [-0.1, -0.05) is 24.3 Å². The number of hydrogen-bond acceptors (Lipinski definition) is 2. The summed E-state index contributed by atoms with van der Waals surface area (Å²) in [5.41, 5.74) is 4.31. The van der Waals surface area contributed by atoms with E-state index in [4.69, 9.17) is 0 Å². The van der Waals surface area contributed by atoms with Crippen LogP contribution in [0.25, 0.3) is 0 Å². The fraction of sp³-hybridized carbons (Fsp3) is 0.0667. The summed E-state index contributed by atoms with van der Waals surface area (Å²) in [7, 11) is 0. The van der Waals surface area contributed by atoms with E-state index in [1.807, 2.05) is 18.5 Å². The summed E-state index contributed by atoms with van der Waals surface area (Å²) in [6, 6.07) is 0. The van der Waals surface area contributed by atoms with E-state index in [9.17, 15) is 0 Å². The molecule has 0 fully saturated rings. The molecule has 4 aliphatic rings. The van der Waals surface area contributed by atoms with Gasteiger partial charge in [-0.25, -0.2) is 0 Å². The first-order valence-electron chi connectivity index (χ1n) is 5.70. The maximum Gasteiger partial charge on any atom is 0.131 e. The maximum atomic E-state index is 4.69. The van der Waals surface area contributed by atoms with Gasteiger partial charge in [-0.3, -0.25) is 9.98 Å². The van der Waals surface area contributed by atoms with Crippen molar-refractivity contribution >= 4 is 12.4 Å². The second-order valence-corrected chi connectivity index (χ2v) is 4.38. The zero-order chi connectivity index (χ0) is 11.3. The van der Waals surface area contributed by atoms with E-state index >= 15 is 0 Å². The van der Waals surface area contributed by atoms with Gasteiger partial charge in [0, 0.05) is 23.6 Å². The van der Waals surface area contributed by atoms with Crippen molar-refractivity contribution in [3.8, 4) is 0 Å². The largest absolute Gasteiger partial charge is 0.273 e. The van der Waals surface area contributed by atoms with Crippen molar-refractivity contribution < 1.29 is 0 Å². The molecule has 0 aromatic rings. The number of aliphatic imine (C=N–C) groups is 2. The first-order valence-corrected chi connectivity index (χ1v) is 5.70. The predicted octanol–water partition coefficient (Wildman–Crippen LogP) is 2.70. The molecule has 0 radical (unpaired) electrons. The van der Waals surface area contributed by atoms with Crippen LogP contribution in [0.2, 0.25) is 0 Å². The third-order valence-corrected chi connectivity index (χ3v) is 3.50. The van der Waals surface area contributed by atoms with Crippen LogP contribution in [0.1, 0.15) is 0 Å². The van der Waals surface area contributed by atoms with E-state index in [-0.39, 0.29) is 5.54 Å². The van der Waals surface area contributed by atoms with Gasteiger partial charge in [0.1, 0.15) is 5.54 Å². The molecule has 0 amide bonds. The molecule has 0 N–H and O–H groups in total. The lowest BCUT2D eigenvalue weighted by Gasteiger charge is -2.36. The van der Waals surface area contributed by atoms with Crippen LogP contribution in [0.15, 0.2) is 81.0 Å². The molecule has 80 valence electrons. The average Bonchev–Trinajstić information content (AvgIpc) is 2.83. The van der Waals surface area contributed by atoms with Crippen molar-refractivity contribution in [3.05, 3.63) is 71.0 Å². The Labute approximate surface area is 99.5 Å². The Morgan fingerprint density at radius 2 is 2.00 bits per heavy atom. The summed E-state index contributed by atoms with van der Waals surface area (Å²) in [6.45, 7) is 0. The van der Waals surface area contributed by atoms with E-state index in [1.165, 1.54) is 16.7 Å². The summed E-state index contributed by atoms with van der Waals surface area (Å²) in [5, 5.41) is 0. The summed E-state index contributed by atoms with van der Waals surface area (Å²) < 4.78 is 0. The molecule has 2 heteroatoms. The summed E-state index contributed by atoms with van der Waals surface area (Å²) in [4.78, 5) is 9.15. The fourth-order valence-electron chi connectivity index (χ4n) is 2.71. The molecule has 0 saturated carbocycles. The standard InChI is InChI=1S/C15H10N2/c1-2-7-15-12(4-1)10-11-6-9-16-14(11)13(15)5-3-8-17-15/h1-10H. The normalized spacial score (nSPS) is 31.1. The zero-order valence-electron chi connectivity index (χ0n) is 9.17. The molecule has 2 aliphatic heterocycles. The Balaban J connectivity index is 2.08. The first-order chi connectivity index (χ1) is 8.40. The average molecular weight is 218 g/mol. The predicted molar refractivity (Wildman–Crippen MR) is 70.3 cm³/mol. The smallest absolute Gasteiger partial charge is 0.131 e. The molecule has 4 rings (SSSR count). The molecule has 0 bridgehead atoms. The van der Waals surface area contributed by atoms with Crippen molar-refractivity contribution in [2.24, 2.45) is 9.98 Å². The van der Waals surface area contributed by atoms with E-state index in [0.29, 0.717) is 0 Å². The molecular weight excluding hydrogens is 208 g/mol. The van der Waals surface area contributed by atoms with Gasteiger partial charge < -0.3 is 0 Å². The Morgan fingerprint density at radius 3 is 3.00 bits per heavy atom. The Kier molecular flexibility index (Phi) is 1.52. The van der Waals surface area contributed by atoms with Crippen molar-refractivity contribution in [2.45, 2.75) is 5.54 Å². The lowest BCUT2D eigenvalue weighted by atomic mass is 9.73. The highest BCUT2D eigenvalue weighted by atomic mass is 14.9. The van der Waals surface area contributed by atoms with Gasteiger partial charge >= 0.3 is 0 Å². The van der Waals surface area contributed by atoms with Crippen LogP contribution < -0.4 is 0 Å². The minimum Gasteiger partial charge on any atom is -0.273 e. The third kappa shape index (κ3) is 0.998. The maximum absolute atomic E-state index is 4.69. The Bertz CT molecular complexity index is 638. The number of nitrogens with zero attached hydrogens (tertiary/aromatic N) is 2. The zero-order valence-corrected chi connectivity index (χ0v) is 9.17. The highest BCUT2D eigenvalue weighted by molar-refractivity contribution is 5.87. The molecule has 1 spiro atoms. The molecule has 2 nitrogen and oxygen atoms in total. The molecule has 0 aromatic heterocycles. The molecular formula is C15H10N2. The van der Waals surface area contributed by atoms with E-state index < -0.39 is 0 Å². The number of fused-ring (bicyclic) bond motifs is 1. The quantitative estimate of drug-likeness (QED) is 0.597. The van der Waals surface area contributed by atoms with Gasteiger partial charge in [0.15, 0.2) is 0 Å². The van der Waals surface area contributed by atoms with Crippen LogP contribution >= 0.6 is 0 Å². The van der Waals surface area contributed by atoms with Crippen LogP contribution in [0.5, 0.6) is 0 Å². The van der Waals surface area contributed by atoms with Gasteiger partial charge in [-0.2, -0.15) is 0 Å². The molecule has 17 heavy (non-hydrogen) atoms. The van der Waals surface area contributed by atoms with Crippen molar-refractivity contribution in [2.75, 3.05) is 0 Å². The topological polar surface area (TPSA) is 24.7 Å². The van der Waals surface area contributed by atoms with Gasteiger partial charge in [0.05, 0.1) is 5.70 Å². The van der Waals surface area contributed by atoms with Crippen molar-refractivity contribution in [3.63, 3.8) is 0 Å². The van der Waals surface area contributed by atoms with Crippen molar-refractivity contribution in [1.82, 2.24) is 0 Å². The fourth-order valence-corrected chi connectivity index (χ4v) is 2.71. The van der Waals surface area contributed by atoms with Crippen LogP contribution in [0.3, 0.4) is 0 Å². The Hall–Kier alpha value is -2.22. The number of allylic oxidation sites excluding steroid dienone is 5. The minimum absolute atomic E-state index is 0.335. The summed E-state index contributed by atoms with van der Waals surface area (Å²) in [6.07, 6.45) is 20.5. The lowest BCUT2D eigenvalue weighted by Crippen LogP contribution is -2.34. The SMILES string of the molecule is C1=CC2=CC3=CC=NC3=C3C=CC=NC23C=C1. The minimum atomic E-state index is -0.335. The third-order valence-electron chi connectivity index (χ3n) is 3.50. The summed E-state index contributed by atoms with van der Waals surface area (Å²) in [5.74, 6) is 0. The van der Waals surface area contributed by atoms with Gasteiger partial charge in [0.2, 0.25) is 0 Å². The number of rotatable bonds is 0. The van der Waals surface area contributed by atoms with E-state index in [2.05, 4.69) is 52.5 Å². The molecule has 0 saturated heterocycles. The van der Waals surface area contributed by atoms with Crippen molar-refractivity contribution in [1.29, 1.82) is 0 Å². The van der Waals surface area contributed by atoms with E-state index in [1.54, 1.807) is 0 Å². The molecule has 0 aromatic carbocycles. The van der Waals surface area contributed by atoms with E-state index in [0.717, 1.165) is 5.70 Å². The number of hydrogen-bond donors (Lipinski definition) is 0. The highest BCUT2D eigenvalue weighted by Gasteiger charge is 2.40. The second-order valence-electron chi connectivity index (χ2n) is 4.38. The molecule has 1 atom stereocenters. The molecule has 1 unspecified atom stereocenters. The summed E-state index contributed by atoms with van der Waals surface area (Å²) >= 11 is 0. The second kappa shape index (κ2) is 2.92. The molecule has 2 aliphatic carbocycles. The lowest BCUT2D eigenvalue weighted by molar-refractivity contribution is 0.731. The first kappa shape index (κ1) is 8.88. The van der Waals surface area contributed by atoms with Gasteiger partial charge in [0.25, 0.3) is 0 Å². The van der Waals surface area contributed by atoms with Gasteiger partial charge in [-0.05, 0) is 29.9 Å². The van der Waals surface area contributed by atoms with Gasteiger partial charge in [-0.15, -0.1) is 0 Å². The van der Waals surface area contributed by atoms with Crippen LogP contribution in [-0.4, -0.2) is 18.0 Å². The highest BCUT2D eigenvalue weighted by Crippen LogP contribution is 2.45. The van der Waals surface area contributed by atoms with Crippen LogP contribution in [0, 0.1) is 0 Å². The molecule has 2 heterocycles. The van der Waals surface area contributed by atoms with Crippen LogP contribution in [-0.2, 0) is 0 Å².